The van der Waals surface area contributed by atoms with Gasteiger partial charge in [-0.05, 0) is 32.8 Å². The monoisotopic (exact) mass is 366 g/mol. The normalized spacial score (nSPS) is 12.1. The number of amides is 1. The van der Waals surface area contributed by atoms with E-state index in [4.69, 9.17) is 9.47 Å². The number of carboxylic acids is 1. The first kappa shape index (κ1) is 21.4. The molecule has 26 heavy (non-hydrogen) atoms. The Morgan fingerprint density at radius 2 is 1.81 bits per heavy atom. The maximum atomic E-state index is 11.7. The van der Waals surface area contributed by atoms with Crippen molar-refractivity contribution in [2.75, 3.05) is 13.1 Å². The maximum Gasteiger partial charge on any atom is 0.407 e. The molecule has 0 bridgehead atoms. The molecular formula is C18H26N2O6. The lowest BCUT2D eigenvalue weighted by Gasteiger charge is -2.20. The molecule has 8 nitrogen and oxygen atoms in total. The van der Waals surface area contributed by atoms with Crippen LogP contribution in [0.25, 0.3) is 0 Å². The quantitative estimate of drug-likeness (QED) is 0.570. The summed E-state index contributed by atoms with van der Waals surface area (Å²) in [6.45, 7) is 5.17. The highest BCUT2D eigenvalue weighted by Crippen LogP contribution is 2.06. The van der Waals surface area contributed by atoms with Crippen LogP contribution in [-0.2, 0) is 25.7 Å². The Balaban J connectivity index is 2.30. The fourth-order valence-electron chi connectivity index (χ4n) is 1.94. The van der Waals surface area contributed by atoms with Crippen molar-refractivity contribution in [1.82, 2.24) is 10.6 Å². The molecule has 144 valence electrons. The minimum absolute atomic E-state index is 0.0952. The van der Waals surface area contributed by atoms with Crippen LogP contribution in [0.2, 0.25) is 0 Å². The van der Waals surface area contributed by atoms with Crippen molar-refractivity contribution in [2.24, 2.45) is 0 Å². The van der Waals surface area contributed by atoms with E-state index in [0.29, 0.717) is 0 Å². The summed E-state index contributed by atoms with van der Waals surface area (Å²) in [4.78, 5) is 34.5. The smallest absolute Gasteiger partial charge is 0.407 e. The molecule has 1 amide bonds. The predicted octanol–water partition coefficient (Wildman–Crippen LogP) is 1.69. The number of rotatable bonds is 9. The van der Waals surface area contributed by atoms with Crippen molar-refractivity contribution < 1.29 is 29.0 Å². The average Bonchev–Trinajstić information content (AvgIpc) is 2.55. The van der Waals surface area contributed by atoms with Crippen molar-refractivity contribution in [3.05, 3.63) is 35.9 Å². The summed E-state index contributed by atoms with van der Waals surface area (Å²) in [6, 6.07) is 8.18. The van der Waals surface area contributed by atoms with Gasteiger partial charge in [-0.2, -0.15) is 0 Å². The lowest BCUT2D eigenvalue weighted by Crippen LogP contribution is -2.43. The second-order valence-electron chi connectivity index (χ2n) is 6.64. The molecule has 1 rings (SSSR count). The summed E-state index contributed by atoms with van der Waals surface area (Å²) in [5.74, 6) is -1.67. The Bertz CT molecular complexity index is 597. The molecule has 0 heterocycles. The number of esters is 1. The molecule has 0 aromatic heterocycles. The minimum atomic E-state index is -1.12. The zero-order valence-corrected chi connectivity index (χ0v) is 15.3. The molecule has 0 aliphatic carbocycles. The third-order valence-corrected chi connectivity index (χ3v) is 3.13. The van der Waals surface area contributed by atoms with E-state index in [1.807, 2.05) is 30.3 Å². The van der Waals surface area contributed by atoms with Gasteiger partial charge in [-0.1, -0.05) is 30.3 Å². The number of ether oxygens (including phenoxy) is 2. The zero-order valence-electron chi connectivity index (χ0n) is 15.3. The number of hydrogen-bond acceptors (Lipinski definition) is 6. The van der Waals surface area contributed by atoms with Gasteiger partial charge in [-0.3, -0.25) is 14.9 Å². The van der Waals surface area contributed by atoms with E-state index in [9.17, 15) is 19.5 Å². The highest BCUT2D eigenvalue weighted by molar-refractivity contribution is 5.76. The lowest BCUT2D eigenvalue weighted by atomic mass is 10.2. The first-order chi connectivity index (χ1) is 12.2. The van der Waals surface area contributed by atoms with Crippen LogP contribution in [0, 0.1) is 0 Å². The highest BCUT2D eigenvalue weighted by Gasteiger charge is 2.20. The van der Waals surface area contributed by atoms with Gasteiger partial charge in [0.2, 0.25) is 0 Å². The lowest BCUT2D eigenvalue weighted by molar-refractivity contribution is -0.144. The number of carboxylic acid groups (broad SMARTS) is 1. The van der Waals surface area contributed by atoms with Crippen LogP contribution in [0.1, 0.15) is 32.8 Å². The molecule has 0 aliphatic heterocycles. The number of carbonyl (C=O) groups is 3. The largest absolute Gasteiger partial charge is 0.480 e. The van der Waals surface area contributed by atoms with Crippen molar-refractivity contribution >= 4 is 18.0 Å². The summed E-state index contributed by atoms with van der Waals surface area (Å²) in [5.41, 5.74) is 0.217. The third-order valence-electron chi connectivity index (χ3n) is 3.13. The first-order valence-electron chi connectivity index (χ1n) is 8.30. The summed E-state index contributed by atoms with van der Waals surface area (Å²) < 4.78 is 10.1. The van der Waals surface area contributed by atoms with E-state index < -0.39 is 29.7 Å². The Labute approximate surface area is 152 Å². The zero-order chi connectivity index (χ0) is 19.6. The number of nitrogens with one attached hydrogen (secondary N) is 2. The van der Waals surface area contributed by atoms with E-state index in [1.165, 1.54) is 0 Å². The summed E-state index contributed by atoms with van der Waals surface area (Å²) in [6.07, 6.45) is -0.524. The molecule has 1 atom stereocenters. The van der Waals surface area contributed by atoms with E-state index in [1.54, 1.807) is 20.8 Å². The van der Waals surface area contributed by atoms with Gasteiger partial charge in [0.05, 0.1) is 6.54 Å². The maximum absolute atomic E-state index is 11.7. The van der Waals surface area contributed by atoms with Crippen molar-refractivity contribution in [3.63, 3.8) is 0 Å². The van der Waals surface area contributed by atoms with Crippen molar-refractivity contribution in [3.8, 4) is 0 Å². The molecule has 0 unspecified atom stereocenters. The number of benzene rings is 1. The van der Waals surface area contributed by atoms with Gasteiger partial charge in [0.25, 0.3) is 0 Å². The summed E-state index contributed by atoms with van der Waals surface area (Å²) in [7, 11) is 0. The molecule has 1 aromatic carbocycles. The summed E-state index contributed by atoms with van der Waals surface area (Å²) in [5, 5.41) is 14.3. The molecule has 0 fully saturated rings. The van der Waals surface area contributed by atoms with Crippen LogP contribution in [-0.4, -0.2) is 47.9 Å². The molecule has 1 aromatic rings. The van der Waals surface area contributed by atoms with Crippen LogP contribution < -0.4 is 10.6 Å². The van der Waals surface area contributed by atoms with Crippen LogP contribution in [0.5, 0.6) is 0 Å². The first-order valence-corrected chi connectivity index (χ1v) is 8.30. The minimum Gasteiger partial charge on any atom is -0.480 e. The SMILES string of the molecule is CC(C)(C)OC(=O)NCC[C@H](NCC(=O)OCc1ccccc1)C(=O)O. The van der Waals surface area contributed by atoms with Crippen LogP contribution >= 0.6 is 0 Å². The standard InChI is InChI=1S/C18H26N2O6/c1-18(2,3)26-17(24)19-10-9-14(16(22)23)20-11-15(21)25-12-13-7-5-4-6-8-13/h4-8,14,20H,9-12H2,1-3H3,(H,19,24)(H,22,23)/t14-/m0/s1. The fraction of sp³-hybridized carbons (Fsp3) is 0.500. The molecule has 3 N–H and O–H groups in total. The van der Waals surface area contributed by atoms with E-state index in [-0.39, 0.29) is 26.1 Å². The predicted molar refractivity (Wildman–Crippen MR) is 94.5 cm³/mol. The number of hydrogen-bond donors (Lipinski definition) is 3. The Kier molecular flexibility index (Phi) is 8.57. The number of carbonyl (C=O) groups excluding carboxylic acids is 2. The van der Waals surface area contributed by atoms with Gasteiger partial charge in [-0.25, -0.2) is 4.79 Å². The number of alkyl carbamates (subject to hydrolysis) is 1. The van der Waals surface area contributed by atoms with Gasteiger partial charge in [0.1, 0.15) is 18.2 Å². The van der Waals surface area contributed by atoms with Crippen molar-refractivity contribution in [2.45, 2.75) is 45.4 Å². The van der Waals surface area contributed by atoms with E-state index in [2.05, 4.69) is 10.6 Å². The molecular weight excluding hydrogens is 340 g/mol. The van der Waals surface area contributed by atoms with Crippen LogP contribution in [0.4, 0.5) is 4.79 Å². The summed E-state index contributed by atoms with van der Waals surface area (Å²) >= 11 is 0. The van der Waals surface area contributed by atoms with Gasteiger partial charge >= 0.3 is 18.0 Å². The second kappa shape index (κ2) is 10.4. The van der Waals surface area contributed by atoms with Gasteiger partial charge in [0.15, 0.2) is 0 Å². The Hall–Kier alpha value is -2.61. The second-order valence-corrected chi connectivity index (χ2v) is 6.64. The molecule has 0 aliphatic rings. The molecule has 8 heteroatoms. The molecule has 0 saturated heterocycles. The molecule has 0 spiro atoms. The fourth-order valence-corrected chi connectivity index (χ4v) is 1.94. The Morgan fingerprint density at radius 3 is 2.38 bits per heavy atom. The van der Waals surface area contributed by atoms with Gasteiger partial charge in [0, 0.05) is 6.54 Å². The van der Waals surface area contributed by atoms with Crippen LogP contribution in [0.3, 0.4) is 0 Å². The highest BCUT2D eigenvalue weighted by atomic mass is 16.6. The van der Waals surface area contributed by atoms with Gasteiger partial charge < -0.3 is 19.9 Å². The number of aliphatic carboxylic acids is 1. The van der Waals surface area contributed by atoms with Crippen LogP contribution in [0.15, 0.2) is 30.3 Å². The molecule has 0 saturated carbocycles. The van der Waals surface area contributed by atoms with E-state index in [0.717, 1.165) is 5.56 Å². The van der Waals surface area contributed by atoms with Crippen molar-refractivity contribution in [1.29, 1.82) is 0 Å². The Morgan fingerprint density at radius 1 is 1.15 bits per heavy atom. The third kappa shape index (κ3) is 9.63. The van der Waals surface area contributed by atoms with Gasteiger partial charge in [-0.15, -0.1) is 0 Å². The molecule has 0 radical (unpaired) electrons. The topological polar surface area (TPSA) is 114 Å². The average molecular weight is 366 g/mol. The van der Waals surface area contributed by atoms with E-state index >= 15 is 0 Å².